The Labute approximate surface area is 135 Å². The molecule has 0 bridgehead atoms. The molecule has 0 unspecified atom stereocenters. The predicted molar refractivity (Wildman–Crippen MR) is 91.6 cm³/mol. The molecule has 1 aliphatic carbocycles. The van der Waals surface area contributed by atoms with Crippen molar-refractivity contribution in [3.8, 4) is 0 Å². The quantitative estimate of drug-likeness (QED) is 0.636. The summed E-state index contributed by atoms with van der Waals surface area (Å²) >= 11 is 1.55. The van der Waals surface area contributed by atoms with Gasteiger partial charge in [0, 0.05) is 5.38 Å². The number of nitrogens with zero attached hydrogens (tertiary/aromatic N) is 2. The second-order valence-corrected chi connectivity index (χ2v) is 6.48. The van der Waals surface area contributed by atoms with E-state index in [-0.39, 0.29) is 0 Å². The van der Waals surface area contributed by atoms with Gasteiger partial charge in [0.2, 0.25) is 5.13 Å². The van der Waals surface area contributed by atoms with Crippen molar-refractivity contribution in [3.63, 3.8) is 0 Å². The van der Waals surface area contributed by atoms with Gasteiger partial charge in [-0.15, -0.1) is 11.3 Å². The zero-order valence-corrected chi connectivity index (χ0v) is 13.6. The first kappa shape index (κ1) is 15.2. The van der Waals surface area contributed by atoms with Gasteiger partial charge >= 0.3 is 0 Å². The molecular weight excluding hydrogens is 294 g/mol. The molecule has 1 aromatic carbocycles. The highest BCUT2D eigenvalue weighted by molar-refractivity contribution is 7.13. The second-order valence-electron chi connectivity index (χ2n) is 5.63. The number of thiazole rings is 1. The van der Waals surface area contributed by atoms with Crippen LogP contribution in [-0.4, -0.2) is 17.3 Å². The predicted octanol–water partition coefficient (Wildman–Crippen LogP) is 4.36. The van der Waals surface area contributed by atoms with Crippen molar-refractivity contribution in [2.24, 2.45) is 5.10 Å². The summed E-state index contributed by atoms with van der Waals surface area (Å²) < 4.78 is 5.95. The first-order valence-corrected chi connectivity index (χ1v) is 8.59. The number of aromatic nitrogens is 1. The molecule has 4 nitrogen and oxygen atoms in total. The van der Waals surface area contributed by atoms with Crippen molar-refractivity contribution in [3.05, 3.63) is 46.5 Å². The Morgan fingerprint density at radius 2 is 2.27 bits per heavy atom. The third kappa shape index (κ3) is 4.39. The van der Waals surface area contributed by atoms with E-state index in [0.717, 1.165) is 16.4 Å². The highest BCUT2D eigenvalue weighted by Gasteiger charge is 2.14. The van der Waals surface area contributed by atoms with E-state index in [9.17, 15) is 0 Å². The fourth-order valence-electron chi connectivity index (χ4n) is 2.60. The standard InChI is InChI=1S/C17H21N3OS/c1-13-12-22-17(19-13)20-18-10-14-5-4-6-15(9-14)11-21-16-7-2-3-8-16/h4-6,9-10,12,16H,2-3,7-8,11H2,1H3,(H,19,20). The summed E-state index contributed by atoms with van der Waals surface area (Å²) in [6.07, 6.45) is 7.29. The maximum Gasteiger partial charge on any atom is 0.203 e. The van der Waals surface area contributed by atoms with E-state index in [0.29, 0.717) is 12.7 Å². The van der Waals surface area contributed by atoms with Crippen LogP contribution in [0.2, 0.25) is 0 Å². The maximum absolute atomic E-state index is 5.95. The normalized spacial score (nSPS) is 15.7. The van der Waals surface area contributed by atoms with Gasteiger partial charge in [-0.1, -0.05) is 31.0 Å². The van der Waals surface area contributed by atoms with Crippen LogP contribution in [0.1, 0.15) is 42.5 Å². The second kappa shape index (κ2) is 7.51. The van der Waals surface area contributed by atoms with E-state index in [1.54, 1.807) is 11.3 Å². The van der Waals surface area contributed by atoms with Gasteiger partial charge in [0.25, 0.3) is 0 Å². The van der Waals surface area contributed by atoms with Crippen molar-refractivity contribution in [1.29, 1.82) is 0 Å². The number of ether oxygens (including phenoxy) is 1. The number of hydrogen-bond acceptors (Lipinski definition) is 5. The van der Waals surface area contributed by atoms with Gasteiger partial charge in [-0.3, -0.25) is 5.43 Å². The summed E-state index contributed by atoms with van der Waals surface area (Å²) in [6.45, 7) is 2.66. The van der Waals surface area contributed by atoms with Crippen LogP contribution >= 0.6 is 11.3 Å². The lowest BCUT2D eigenvalue weighted by Gasteiger charge is -2.11. The molecule has 22 heavy (non-hydrogen) atoms. The van der Waals surface area contributed by atoms with Gasteiger partial charge in [-0.25, -0.2) is 4.98 Å². The molecule has 1 heterocycles. The lowest BCUT2D eigenvalue weighted by molar-refractivity contribution is 0.0457. The number of hydrazone groups is 1. The Balaban J connectivity index is 1.53. The van der Waals surface area contributed by atoms with Crippen molar-refractivity contribution in [2.75, 3.05) is 5.43 Å². The minimum absolute atomic E-state index is 0.451. The Morgan fingerprint density at radius 1 is 1.41 bits per heavy atom. The molecule has 1 aromatic heterocycles. The molecular formula is C17H21N3OS. The summed E-state index contributed by atoms with van der Waals surface area (Å²) in [5.74, 6) is 0. The molecule has 1 aliphatic rings. The SMILES string of the molecule is Cc1csc(NN=Cc2cccc(COC3CCCC3)c2)n1. The Kier molecular flexibility index (Phi) is 5.19. The molecule has 1 N–H and O–H groups in total. The van der Waals surface area contributed by atoms with Crippen molar-refractivity contribution >= 4 is 22.7 Å². The number of aryl methyl sites for hydroxylation is 1. The van der Waals surface area contributed by atoms with Crippen LogP contribution in [0.15, 0.2) is 34.7 Å². The van der Waals surface area contributed by atoms with Crippen LogP contribution < -0.4 is 5.43 Å². The summed E-state index contributed by atoms with van der Waals surface area (Å²) in [5, 5.41) is 7.05. The van der Waals surface area contributed by atoms with Crippen molar-refractivity contribution in [1.82, 2.24) is 4.98 Å². The average Bonchev–Trinajstić information content (AvgIpc) is 3.17. The molecule has 1 saturated carbocycles. The number of anilines is 1. The zero-order chi connectivity index (χ0) is 15.2. The largest absolute Gasteiger partial charge is 0.374 e. The van der Waals surface area contributed by atoms with Gasteiger partial charge < -0.3 is 4.74 Å². The fourth-order valence-corrected chi connectivity index (χ4v) is 3.24. The van der Waals surface area contributed by atoms with Crippen molar-refractivity contribution < 1.29 is 4.74 Å². The third-order valence-corrected chi connectivity index (χ3v) is 4.60. The summed E-state index contributed by atoms with van der Waals surface area (Å²) in [5.41, 5.74) is 6.22. The number of rotatable bonds is 6. The summed E-state index contributed by atoms with van der Waals surface area (Å²) in [4.78, 5) is 4.31. The van der Waals surface area contributed by atoms with E-state index in [2.05, 4.69) is 27.6 Å². The minimum Gasteiger partial charge on any atom is -0.374 e. The number of benzene rings is 1. The van der Waals surface area contributed by atoms with Gasteiger partial charge in [-0.05, 0) is 37.0 Å². The highest BCUT2D eigenvalue weighted by atomic mass is 32.1. The molecule has 0 amide bonds. The van der Waals surface area contributed by atoms with E-state index in [4.69, 9.17) is 4.74 Å². The molecule has 5 heteroatoms. The monoisotopic (exact) mass is 315 g/mol. The molecule has 2 aromatic rings. The first-order chi connectivity index (χ1) is 10.8. The van der Waals surface area contributed by atoms with Crippen LogP contribution in [0.5, 0.6) is 0 Å². The molecule has 116 valence electrons. The lowest BCUT2D eigenvalue weighted by atomic mass is 10.1. The van der Waals surface area contributed by atoms with Crippen molar-refractivity contribution in [2.45, 2.75) is 45.3 Å². The summed E-state index contributed by atoms with van der Waals surface area (Å²) in [7, 11) is 0. The maximum atomic E-state index is 5.95. The lowest BCUT2D eigenvalue weighted by Crippen LogP contribution is -2.07. The molecule has 0 spiro atoms. The zero-order valence-electron chi connectivity index (χ0n) is 12.8. The van der Waals surface area contributed by atoms with Gasteiger partial charge in [0.15, 0.2) is 0 Å². The average molecular weight is 315 g/mol. The molecule has 0 saturated heterocycles. The Bertz CT molecular complexity index is 632. The van der Waals surface area contributed by atoms with E-state index < -0.39 is 0 Å². The van der Waals surface area contributed by atoms with Gasteiger partial charge in [0.05, 0.1) is 24.6 Å². The van der Waals surface area contributed by atoms with E-state index in [1.165, 1.54) is 31.2 Å². The van der Waals surface area contributed by atoms with E-state index >= 15 is 0 Å². The number of nitrogens with one attached hydrogen (secondary N) is 1. The summed E-state index contributed by atoms with van der Waals surface area (Å²) in [6, 6.07) is 8.30. The molecule has 3 rings (SSSR count). The van der Waals surface area contributed by atoms with Gasteiger partial charge in [0.1, 0.15) is 0 Å². The fraction of sp³-hybridized carbons (Fsp3) is 0.412. The third-order valence-electron chi connectivity index (χ3n) is 3.73. The smallest absolute Gasteiger partial charge is 0.203 e. The minimum atomic E-state index is 0.451. The topological polar surface area (TPSA) is 46.5 Å². The first-order valence-electron chi connectivity index (χ1n) is 7.71. The van der Waals surface area contributed by atoms with Crippen LogP contribution in [0.25, 0.3) is 0 Å². The van der Waals surface area contributed by atoms with Gasteiger partial charge in [-0.2, -0.15) is 5.10 Å². The van der Waals surface area contributed by atoms with Crippen LogP contribution in [0, 0.1) is 6.92 Å². The molecule has 1 fully saturated rings. The molecule has 0 radical (unpaired) electrons. The van der Waals surface area contributed by atoms with Crippen LogP contribution in [-0.2, 0) is 11.3 Å². The highest BCUT2D eigenvalue weighted by Crippen LogP contribution is 2.22. The molecule has 0 atom stereocenters. The van der Waals surface area contributed by atoms with E-state index in [1.807, 2.05) is 30.7 Å². The van der Waals surface area contributed by atoms with Crippen LogP contribution in [0.3, 0.4) is 0 Å². The number of hydrogen-bond donors (Lipinski definition) is 1. The molecule has 0 aliphatic heterocycles. The Hall–Kier alpha value is -1.72. The van der Waals surface area contributed by atoms with Crippen LogP contribution in [0.4, 0.5) is 5.13 Å². The Morgan fingerprint density at radius 3 is 3.05 bits per heavy atom.